The summed E-state index contributed by atoms with van der Waals surface area (Å²) in [6, 6.07) is 1.32. The molecule has 0 aliphatic heterocycles. The number of rotatable bonds is 22. The summed E-state index contributed by atoms with van der Waals surface area (Å²) in [5.74, 6) is 0. The molecule has 0 rings (SSSR count). The first kappa shape index (κ1) is 31.7. The SMILES string of the molecule is CCO[Si](CC)(OCC)O[SiH2]O[Si](OCC)(OCC)O[SiH2]O[Si](CC)(OCC)OCC. The van der Waals surface area contributed by atoms with Gasteiger partial charge in [0.1, 0.15) is 0 Å². The fraction of sp³-hybridized carbons (Fsp3) is 1.00. The zero-order valence-electron chi connectivity index (χ0n) is 20.7. The maximum atomic E-state index is 6.09. The van der Waals surface area contributed by atoms with Gasteiger partial charge < -0.3 is 43.0 Å². The fourth-order valence-electron chi connectivity index (χ4n) is 2.73. The van der Waals surface area contributed by atoms with Crippen molar-refractivity contribution in [2.45, 2.75) is 67.5 Å². The van der Waals surface area contributed by atoms with E-state index in [2.05, 4.69) is 0 Å². The van der Waals surface area contributed by atoms with Gasteiger partial charge in [0, 0.05) is 51.7 Å². The smallest absolute Gasteiger partial charge is 0.398 e. The Balaban J connectivity index is 5.20. The van der Waals surface area contributed by atoms with E-state index in [4.69, 9.17) is 43.0 Å². The van der Waals surface area contributed by atoms with Gasteiger partial charge in [-0.15, -0.1) is 0 Å². The summed E-state index contributed by atoms with van der Waals surface area (Å²) in [6.45, 7) is 18.3. The lowest BCUT2D eigenvalue weighted by Gasteiger charge is -2.33. The van der Waals surface area contributed by atoms with Crippen LogP contribution < -0.4 is 0 Å². The topological polar surface area (TPSA) is 92.3 Å². The predicted molar refractivity (Wildman–Crippen MR) is 129 cm³/mol. The molecule has 0 saturated heterocycles. The van der Waals surface area contributed by atoms with Crippen LogP contribution in [0.4, 0.5) is 0 Å². The molecule has 0 heterocycles. The lowest BCUT2D eigenvalue weighted by Crippen LogP contribution is -2.55. The van der Waals surface area contributed by atoms with E-state index in [1.807, 2.05) is 55.4 Å². The first-order valence-corrected chi connectivity index (χ1v) is 19.1. The van der Waals surface area contributed by atoms with Gasteiger partial charge >= 0.3 is 26.7 Å². The van der Waals surface area contributed by atoms with Crippen LogP contribution in [0.15, 0.2) is 0 Å². The minimum absolute atomic E-state index is 0.384. The highest BCUT2D eigenvalue weighted by atomic mass is 28.5. The van der Waals surface area contributed by atoms with E-state index in [1.54, 1.807) is 0 Å². The lowest BCUT2D eigenvalue weighted by molar-refractivity contribution is 0.0353. The van der Waals surface area contributed by atoms with Crippen LogP contribution >= 0.6 is 0 Å². The second-order valence-electron chi connectivity index (χ2n) is 5.98. The van der Waals surface area contributed by atoms with Crippen LogP contribution in [0.1, 0.15) is 55.4 Å². The number of hydrogen-bond acceptors (Lipinski definition) is 10. The minimum atomic E-state index is -3.42. The molecule has 0 bridgehead atoms. The first-order chi connectivity index (χ1) is 14.9. The van der Waals surface area contributed by atoms with Gasteiger partial charge in [-0.1, -0.05) is 13.8 Å². The third-order valence-corrected chi connectivity index (χ3v) is 18.2. The standard InChI is InChI=1S/C16H44O10Si5/c1-9-17-29(15-7,18-10-2)23-27-25-31(21-13-5,22-14-6)26-28-24-30(16-8,19-11-3)20-12-4/h9-16,27-28H2,1-8H3. The molecule has 0 fully saturated rings. The van der Waals surface area contributed by atoms with Gasteiger partial charge in [-0.2, -0.15) is 0 Å². The highest BCUT2D eigenvalue weighted by Crippen LogP contribution is 2.19. The van der Waals surface area contributed by atoms with Gasteiger partial charge in [0.2, 0.25) is 0 Å². The van der Waals surface area contributed by atoms with Gasteiger partial charge in [0.05, 0.1) is 0 Å². The summed E-state index contributed by atoms with van der Waals surface area (Å²) in [4.78, 5) is 0. The molecular formula is C16H44O10Si5. The summed E-state index contributed by atoms with van der Waals surface area (Å²) in [6.07, 6.45) is 0. The maximum absolute atomic E-state index is 6.09. The molecule has 0 aromatic rings. The highest BCUT2D eigenvalue weighted by Gasteiger charge is 2.48. The van der Waals surface area contributed by atoms with Crippen molar-refractivity contribution in [1.29, 1.82) is 0 Å². The van der Waals surface area contributed by atoms with Crippen LogP contribution in [0.25, 0.3) is 0 Å². The zero-order valence-corrected chi connectivity index (χ0v) is 26.5. The van der Waals surface area contributed by atoms with Crippen molar-refractivity contribution in [3.8, 4) is 0 Å². The molecule has 31 heavy (non-hydrogen) atoms. The second-order valence-corrected chi connectivity index (χ2v) is 18.0. The van der Waals surface area contributed by atoms with Gasteiger partial charge in [-0.25, -0.2) is 0 Å². The van der Waals surface area contributed by atoms with Crippen molar-refractivity contribution in [2.24, 2.45) is 0 Å². The average molecular weight is 537 g/mol. The molecule has 0 unspecified atom stereocenters. The molecule has 0 aromatic carbocycles. The van der Waals surface area contributed by atoms with Crippen LogP contribution in [0.3, 0.4) is 0 Å². The molecule has 0 aliphatic rings. The molecular weight excluding hydrogens is 493 g/mol. The Kier molecular flexibility index (Phi) is 18.5. The van der Waals surface area contributed by atoms with E-state index in [1.165, 1.54) is 0 Å². The molecule has 188 valence electrons. The molecule has 15 heteroatoms. The van der Waals surface area contributed by atoms with Crippen LogP contribution in [-0.2, 0) is 43.0 Å². The Morgan fingerprint density at radius 1 is 0.419 bits per heavy atom. The van der Waals surface area contributed by atoms with Crippen molar-refractivity contribution in [2.75, 3.05) is 39.6 Å². The number of hydrogen-bond donors (Lipinski definition) is 0. The maximum Gasteiger partial charge on any atom is 0.660 e. The molecule has 0 spiro atoms. The summed E-state index contributed by atoms with van der Waals surface area (Å²) < 4.78 is 59.4. The Hall–Kier alpha value is 0.684. The van der Waals surface area contributed by atoms with Gasteiger partial charge in [-0.05, 0) is 41.5 Å². The van der Waals surface area contributed by atoms with Gasteiger partial charge in [0.15, 0.2) is 0 Å². The van der Waals surface area contributed by atoms with Crippen molar-refractivity contribution in [3.05, 3.63) is 0 Å². The Bertz CT molecular complexity index is 388. The third-order valence-electron chi connectivity index (χ3n) is 3.99. The van der Waals surface area contributed by atoms with Gasteiger partial charge in [-0.3, -0.25) is 0 Å². The first-order valence-electron chi connectivity index (χ1n) is 11.3. The van der Waals surface area contributed by atoms with Crippen LogP contribution in [0.2, 0.25) is 12.1 Å². The van der Waals surface area contributed by atoms with Crippen LogP contribution in [-0.4, -0.2) is 86.3 Å². The summed E-state index contributed by atoms with van der Waals surface area (Å²) in [5, 5.41) is 0. The molecule has 0 radical (unpaired) electrons. The second kappa shape index (κ2) is 18.1. The Morgan fingerprint density at radius 3 is 0.935 bits per heavy atom. The minimum Gasteiger partial charge on any atom is -0.398 e. The average Bonchev–Trinajstić information content (AvgIpc) is 2.74. The summed E-state index contributed by atoms with van der Waals surface area (Å²) in [5.41, 5.74) is 0. The monoisotopic (exact) mass is 536 g/mol. The molecule has 0 atom stereocenters. The van der Waals surface area contributed by atoms with E-state index in [9.17, 15) is 0 Å². The third kappa shape index (κ3) is 11.6. The summed E-state index contributed by atoms with van der Waals surface area (Å²) >= 11 is 0. The van der Waals surface area contributed by atoms with Crippen LogP contribution in [0.5, 0.6) is 0 Å². The normalized spacial score (nSPS) is 13.9. The van der Waals surface area contributed by atoms with E-state index in [0.29, 0.717) is 51.7 Å². The highest BCUT2D eigenvalue weighted by molar-refractivity contribution is 6.70. The van der Waals surface area contributed by atoms with Crippen molar-refractivity contribution >= 4 is 46.7 Å². The molecule has 0 saturated carbocycles. The fourth-order valence-corrected chi connectivity index (χ4v) is 15.8. The predicted octanol–water partition coefficient (Wildman–Crippen LogP) is 1.62. The van der Waals surface area contributed by atoms with E-state index >= 15 is 0 Å². The van der Waals surface area contributed by atoms with E-state index in [0.717, 1.165) is 0 Å². The quantitative estimate of drug-likeness (QED) is 0.190. The molecule has 10 nitrogen and oxygen atoms in total. The Morgan fingerprint density at radius 2 is 0.710 bits per heavy atom. The van der Waals surface area contributed by atoms with Crippen molar-refractivity contribution in [1.82, 2.24) is 0 Å². The zero-order chi connectivity index (χ0) is 23.6. The largest absolute Gasteiger partial charge is 0.660 e. The summed E-state index contributed by atoms with van der Waals surface area (Å²) in [7, 11) is -12.1. The Labute approximate surface area is 196 Å². The van der Waals surface area contributed by atoms with E-state index in [-0.39, 0.29) is 0 Å². The molecule has 0 amide bonds. The molecule has 0 aliphatic carbocycles. The van der Waals surface area contributed by atoms with E-state index < -0.39 is 46.7 Å². The van der Waals surface area contributed by atoms with Crippen molar-refractivity contribution in [3.63, 3.8) is 0 Å². The lowest BCUT2D eigenvalue weighted by atomic mass is 10.9. The molecule has 0 N–H and O–H groups in total. The van der Waals surface area contributed by atoms with Crippen LogP contribution in [0, 0.1) is 0 Å². The van der Waals surface area contributed by atoms with Gasteiger partial charge in [0.25, 0.3) is 20.0 Å². The molecule has 0 aromatic heterocycles. The van der Waals surface area contributed by atoms with Crippen molar-refractivity contribution < 1.29 is 43.0 Å².